The molecule has 0 fully saturated rings. The van der Waals surface area contributed by atoms with Gasteiger partial charge in [0.05, 0.1) is 16.9 Å². The van der Waals surface area contributed by atoms with Gasteiger partial charge in [-0.1, -0.05) is 121 Å². The molecule has 0 spiro atoms. The fourth-order valence-electron chi connectivity index (χ4n) is 6.12. The maximum atomic E-state index is 13.1. The molecule has 0 unspecified atom stereocenters. The van der Waals surface area contributed by atoms with Crippen LogP contribution < -0.4 is 14.5 Å². The quantitative estimate of drug-likeness (QED) is 0.0981. The lowest BCUT2D eigenvalue weighted by molar-refractivity contribution is 0.0691. The minimum absolute atomic E-state index is 0.167. The number of hydrazone groups is 1. The Kier molecular flexibility index (Phi) is 14.7. The third-order valence-corrected chi connectivity index (χ3v) is 10.0. The summed E-state index contributed by atoms with van der Waals surface area (Å²) < 4.78 is 32.0. The maximum absolute atomic E-state index is 13.1. The molecule has 2 aromatic rings. The van der Waals surface area contributed by atoms with Crippen molar-refractivity contribution < 1.29 is 23.1 Å². The van der Waals surface area contributed by atoms with E-state index in [0.717, 1.165) is 36.6 Å². The third-order valence-electron chi connectivity index (χ3n) is 8.83. The summed E-state index contributed by atoms with van der Waals surface area (Å²) in [6, 6.07) is 11.7. The van der Waals surface area contributed by atoms with Crippen LogP contribution in [0.1, 0.15) is 139 Å². The average molecular weight is 642 g/mol. The van der Waals surface area contributed by atoms with Crippen molar-refractivity contribution in [2.45, 2.75) is 134 Å². The number of amidine groups is 1. The van der Waals surface area contributed by atoms with Crippen LogP contribution in [-0.4, -0.2) is 39.0 Å². The standard InChI is InChI=1S/C36H55N3O5S/c1-5-6-7-8-9-10-11-12-13-14-15-16-17-18-19-22-27-44-33-26-25-29(28-30(33)34(40)41)45(42,43)38-37-35-36(2,3)31-23-20-21-24-32(31)39(35)4/h20-21,23-26,28,38H,5-19,22,27H2,1-4H3,(H,40,41)/b37-35+. The van der Waals surface area contributed by atoms with Gasteiger partial charge in [-0.15, -0.1) is 0 Å². The smallest absolute Gasteiger partial charge is 0.339 e. The zero-order valence-corrected chi connectivity index (χ0v) is 28.8. The molecule has 45 heavy (non-hydrogen) atoms. The predicted molar refractivity (Wildman–Crippen MR) is 184 cm³/mol. The van der Waals surface area contributed by atoms with E-state index in [1.165, 1.54) is 95.6 Å². The third kappa shape index (κ3) is 10.8. The fourth-order valence-corrected chi connectivity index (χ4v) is 6.95. The second kappa shape index (κ2) is 18.2. The van der Waals surface area contributed by atoms with Crippen LogP contribution >= 0.6 is 0 Å². The highest BCUT2D eigenvalue weighted by atomic mass is 32.2. The molecule has 3 rings (SSSR count). The Morgan fingerprint density at radius 2 is 1.38 bits per heavy atom. The number of carboxylic acids is 1. The molecule has 0 saturated carbocycles. The number of fused-ring (bicyclic) bond motifs is 1. The molecule has 0 aliphatic carbocycles. The first kappa shape index (κ1) is 36.4. The Morgan fingerprint density at radius 1 is 0.844 bits per heavy atom. The van der Waals surface area contributed by atoms with Gasteiger partial charge in [-0.2, -0.15) is 18.4 Å². The highest BCUT2D eigenvalue weighted by molar-refractivity contribution is 7.89. The van der Waals surface area contributed by atoms with Crippen molar-refractivity contribution in [3.8, 4) is 5.75 Å². The Balaban J connectivity index is 1.38. The van der Waals surface area contributed by atoms with Crippen LogP contribution in [0, 0.1) is 0 Å². The van der Waals surface area contributed by atoms with E-state index in [9.17, 15) is 18.3 Å². The predicted octanol–water partition coefficient (Wildman–Crippen LogP) is 9.04. The zero-order valence-electron chi connectivity index (χ0n) is 27.9. The zero-order chi connectivity index (χ0) is 32.7. The number of unbranched alkanes of at least 4 members (excludes halogenated alkanes) is 15. The molecule has 1 aliphatic heterocycles. The molecule has 1 heterocycles. The summed E-state index contributed by atoms with van der Waals surface area (Å²) in [6.07, 6.45) is 20.5. The van der Waals surface area contributed by atoms with Crippen molar-refractivity contribution in [2.24, 2.45) is 5.10 Å². The van der Waals surface area contributed by atoms with Crippen LogP contribution in [-0.2, 0) is 15.4 Å². The molecule has 0 radical (unpaired) electrons. The molecular formula is C36H55N3O5S. The van der Waals surface area contributed by atoms with Crippen LogP contribution in [0.4, 0.5) is 5.69 Å². The highest BCUT2D eigenvalue weighted by Gasteiger charge is 2.40. The van der Waals surface area contributed by atoms with Gasteiger partial charge < -0.3 is 14.7 Å². The Hall–Kier alpha value is -3.07. The van der Waals surface area contributed by atoms with Crippen molar-refractivity contribution in [3.63, 3.8) is 0 Å². The van der Waals surface area contributed by atoms with E-state index in [0.29, 0.717) is 12.4 Å². The lowest BCUT2D eigenvalue weighted by Gasteiger charge is -2.22. The second-order valence-corrected chi connectivity index (χ2v) is 14.5. The van der Waals surface area contributed by atoms with E-state index < -0.39 is 21.4 Å². The van der Waals surface area contributed by atoms with Gasteiger partial charge in [0.2, 0.25) is 0 Å². The van der Waals surface area contributed by atoms with Gasteiger partial charge in [0, 0.05) is 12.7 Å². The lowest BCUT2D eigenvalue weighted by Crippen LogP contribution is -2.36. The molecule has 0 bridgehead atoms. The van der Waals surface area contributed by atoms with E-state index in [4.69, 9.17) is 4.74 Å². The number of para-hydroxylation sites is 1. The number of benzene rings is 2. The van der Waals surface area contributed by atoms with Crippen molar-refractivity contribution in [1.29, 1.82) is 0 Å². The monoisotopic (exact) mass is 641 g/mol. The molecule has 9 heteroatoms. The van der Waals surface area contributed by atoms with Crippen molar-refractivity contribution in [3.05, 3.63) is 53.6 Å². The molecule has 250 valence electrons. The number of aromatic carboxylic acids is 1. The normalized spacial score (nSPS) is 14.9. The van der Waals surface area contributed by atoms with Gasteiger partial charge >= 0.3 is 5.97 Å². The molecule has 2 aromatic carbocycles. The number of sulfonamides is 1. The maximum Gasteiger partial charge on any atom is 0.339 e. The summed E-state index contributed by atoms with van der Waals surface area (Å²) in [5.74, 6) is -0.530. The van der Waals surface area contributed by atoms with Gasteiger partial charge in [0.15, 0.2) is 0 Å². The molecular weight excluding hydrogens is 586 g/mol. The minimum atomic E-state index is -4.12. The number of hydrogen-bond acceptors (Lipinski definition) is 5. The number of anilines is 1. The summed E-state index contributed by atoms with van der Waals surface area (Å²) in [6.45, 7) is 6.62. The lowest BCUT2D eigenvalue weighted by atomic mass is 9.86. The van der Waals surface area contributed by atoms with Crippen molar-refractivity contribution >= 4 is 27.5 Å². The number of rotatable bonds is 22. The summed E-state index contributed by atoms with van der Waals surface area (Å²) >= 11 is 0. The number of ether oxygens (including phenoxy) is 1. The van der Waals surface area contributed by atoms with Gasteiger partial charge in [0.1, 0.15) is 17.1 Å². The van der Waals surface area contributed by atoms with Crippen LogP contribution in [0.5, 0.6) is 5.75 Å². The van der Waals surface area contributed by atoms with E-state index in [1.807, 2.05) is 50.1 Å². The Morgan fingerprint density at radius 3 is 1.91 bits per heavy atom. The first-order valence-corrected chi connectivity index (χ1v) is 18.5. The molecule has 2 N–H and O–H groups in total. The van der Waals surface area contributed by atoms with Gasteiger partial charge in [-0.05, 0) is 50.1 Å². The van der Waals surface area contributed by atoms with Crippen molar-refractivity contribution in [1.82, 2.24) is 4.83 Å². The fraction of sp³-hybridized carbons (Fsp3) is 0.611. The first-order valence-electron chi connectivity index (χ1n) is 17.0. The van der Waals surface area contributed by atoms with Gasteiger partial charge in [-0.25, -0.2) is 4.79 Å². The molecule has 0 atom stereocenters. The van der Waals surface area contributed by atoms with E-state index >= 15 is 0 Å². The van der Waals surface area contributed by atoms with Crippen LogP contribution in [0.3, 0.4) is 0 Å². The summed E-state index contributed by atoms with van der Waals surface area (Å²) in [5, 5.41) is 14.0. The molecule has 0 amide bonds. The van der Waals surface area contributed by atoms with E-state index in [1.54, 1.807) is 0 Å². The summed E-state index contributed by atoms with van der Waals surface area (Å²) in [7, 11) is -2.28. The second-order valence-electron chi connectivity index (χ2n) is 12.8. The van der Waals surface area contributed by atoms with Gasteiger partial charge in [-0.3, -0.25) is 0 Å². The number of carbonyl (C=O) groups is 1. The van der Waals surface area contributed by atoms with Crippen LogP contribution in [0.25, 0.3) is 0 Å². The van der Waals surface area contributed by atoms with Crippen molar-refractivity contribution in [2.75, 3.05) is 18.6 Å². The molecule has 0 aromatic heterocycles. The number of nitrogens with zero attached hydrogens (tertiary/aromatic N) is 2. The van der Waals surface area contributed by atoms with E-state index in [-0.39, 0.29) is 16.2 Å². The Labute approximate surface area is 271 Å². The first-order chi connectivity index (χ1) is 21.6. The molecule has 1 aliphatic rings. The van der Waals surface area contributed by atoms with E-state index in [2.05, 4.69) is 16.9 Å². The van der Waals surface area contributed by atoms with Crippen LogP contribution in [0.2, 0.25) is 0 Å². The summed E-state index contributed by atoms with van der Waals surface area (Å²) in [4.78, 5) is 16.0. The molecule has 8 nitrogen and oxygen atoms in total. The number of nitrogens with one attached hydrogen (secondary N) is 1. The largest absolute Gasteiger partial charge is 0.493 e. The number of carboxylic acid groups (broad SMARTS) is 1. The Bertz CT molecular complexity index is 1360. The summed E-state index contributed by atoms with van der Waals surface area (Å²) in [5.41, 5.74) is 1.31. The molecule has 0 saturated heterocycles. The highest BCUT2D eigenvalue weighted by Crippen LogP contribution is 2.41. The number of hydrogen-bond donors (Lipinski definition) is 2. The topological polar surface area (TPSA) is 108 Å². The SMILES string of the molecule is CCCCCCCCCCCCCCCCCCOc1ccc(S(=O)(=O)N/N=C2/N(C)c3ccccc3C2(C)C)cc1C(=O)O. The minimum Gasteiger partial charge on any atom is -0.493 e. The van der Waals surface area contributed by atoms with Gasteiger partial charge in [0.25, 0.3) is 10.0 Å². The van der Waals surface area contributed by atoms with Crippen LogP contribution in [0.15, 0.2) is 52.5 Å². The number of likely N-dealkylation sites (N-methyl/N-ethyl adjacent to an activating group) is 1. The average Bonchev–Trinajstić information content (AvgIpc) is 3.21.